The topological polar surface area (TPSA) is 49.9 Å². The van der Waals surface area contributed by atoms with Gasteiger partial charge in [0.25, 0.3) is 17.4 Å². The number of likely N-dealkylation sites (tertiary alicyclic amines) is 1. The van der Waals surface area contributed by atoms with Gasteiger partial charge >= 0.3 is 0 Å². The fraction of sp³-hybridized carbons (Fsp3) is 0.467. The second kappa shape index (κ2) is 5.52. The third-order valence-corrected chi connectivity index (χ3v) is 4.16. The van der Waals surface area contributed by atoms with Gasteiger partial charge in [-0.1, -0.05) is 18.5 Å². The van der Waals surface area contributed by atoms with Gasteiger partial charge in [-0.05, 0) is 30.2 Å². The van der Waals surface area contributed by atoms with Crippen LogP contribution >= 0.6 is 11.6 Å². The highest BCUT2D eigenvalue weighted by molar-refractivity contribution is 6.30. The van der Waals surface area contributed by atoms with Crippen molar-refractivity contribution in [3.8, 4) is 0 Å². The lowest BCUT2D eigenvalue weighted by molar-refractivity contribution is -0.299. The van der Waals surface area contributed by atoms with Crippen LogP contribution in [-0.4, -0.2) is 40.5 Å². The minimum atomic E-state index is -1.35. The van der Waals surface area contributed by atoms with Gasteiger partial charge in [-0.3, -0.25) is 9.59 Å². The number of hydrogen-bond donors (Lipinski definition) is 0. The number of carbonyl (C=O) groups is 2. The molecule has 2 saturated heterocycles. The van der Waals surface area contributed by atoms with E-state index in [-0.39, 0.29) is 23.4 Å². The van der Waals surface area contributed by atoms with Crippen molar-refractivity contribution < 1.29 is 18.8 Å². The van der Waals surface area contributed by atoms with Crippen LogP contribution in [0.1, 0.15) is 25.3 Å². The molecule has 1 spiro atoms. The van der Waals surface area contributed by atoms with Gasteiger partial charge < -0.3 is 4.90 Å². The first-order valence-corrected chi connectivity index (χ1v) is 7.59. The van der Waals surface area contributed by atoms with Crippen molar-refractivity contribution in [2.75, 3.05) is 13.1 Å². The molecule has 0 unspecified atom stereocenters. The molecule has 22 heavy (non-hydrogen) atoms. The maximum atomic E-state index is 13.3. The van der Waals surface area contributed by atoms with E-state index in [0.29, 0.717) is 25.1 Å². The number of rotatable bonds is 4. The summed E-state index contributed by atoms with van der Waals surface area (Å²) >= 11 is 5.78. The molecule has 1 atom stereocenters. The number of hydroxylamine groups is 2. The van der Waals surface area contributed by atoms with Crippen LogP contribution in [0, 0.1) is 5.82 Å². The highest BCUT2D eigenvalue weighted by Gasteiger charge is 2.64. The van der Waals surface area contributed by atoms with E-state index in [1.54, 1.807) is 11.0 Å². The average Bonchev–Trinajstić information content (AvgIpc) is 2.78. The van der Waals surface area contributed by atoms with Crippen LogP contribution < -0.4 is 0 Å². The van der Waals surface area contributed by atoms with Gasteiger partial charge in [-0.25, -0.2) is 14.3 Å². The summed E-state index contributed by atoms with van der Waals surface area (Å²) in [5.41, 5.74) is -0.837. The van der Waals surface area contributed by atoms with Crippen molar-refractivity contribution in [1.29, 1.82) is 0 Å². The largest absolute Gasteiger partial charge is 0.339 e. The standard InChI is InChI=1S/C15H16ClFN2O3/c1-2-4-18-5-3-15(13(18)20)14(21)19(22-15)9-10-6-11(16)8-12(17)7-10/h6-8H,2-5,9H2,1H3/t15-/m0/s1. The van der Waals surface area contributed by atoms with Crippen molar-refractivity contribution in [2.24, 2.45) is 0 Å². The third kappa shape index (κ3) is 2.36. The molecule has 1 aromatic rings. The van der Waals surface area contributed by atoms with Gasteiger partial charge in [0.2, 0.25) is 0 Å². The quantitative estimate of drug-likeness (QED) is 0.796. The van der Waals surface area contributed by atoms with Crippen molar-refractivity contribution in [3.63, 3.8) is 0 Å². The Morgan fingerprint density at radius 1 is 1.32 bits per heavy atom. The number of benzene rings is 1. The minimum absolute atomic E-state index is 0.0686. The van der Waals surface area contributed by atoms with E-state index in [1.807, 2.05) is 6.92 Å². The van der Waals surface area contributed by atoms with Crippen LogP contribution in [0.3, 0.4) is 0 Å². The molecular weight excluding hydrogens is 311 g/mol. The molecule has 0 bridgehead atoms. The molecule has 0 saturated carbocycles. The molecule has 3 rings (SSSR count). The van der Waals surface area contributed by atoms with Crippen molar-refractivity contribution in [2.45, 2.75) is 31.9 Å². The summed E-state index contributed by atoms with van der Waals surface area (Å²) in [5, 5.41) is 1.35. The SMILES string of the molecule is CCCN1CC[C@]2(ON(Cc3cc(F)cc(Cl)c3)C2=O)C1=O. The smallest absolute Gasteiger partial charge is 0.291 e. The Bertz CT molecular complexity index is 619. The summed E-state index contributed by atoms with van der Waals surface area (Å²) in [5.74, 6) is -1.11. The van der Waals surface area contributed by atoms with Gasteiger partial charge in [-0.2, -0.15) is 0 Å². The Morgan fingerprint density at radius 3 is 2.73 bits per heavy atom. The van der Waals surface area contributed by atoms with E-state index in [1.165, 1.54) is 12.1 Å². The lowest BCUT2D eigenvalue weighted by Crippen LogP contribution is -2.67. The molecular formula is C15H16ClFN2O3. The summed E-state index contributed by atoms with van der Waals surface area (Å²) in [6.45, 7) is 3.19. The molecule has 1 aromatic carbocycles. The molecule has 0 radical (unpaired) electrons. The summed E-state index contributed by atoms with van der Waals surface area (Å²) in [7, 11) is 0. The Hall–Kier alpha value is -1.66. The molecule has 2 heterocycles. The molecule has 5 nitrogen and oxygen atoms in total. The normalized spacial score (nSPS) is 24.3. The number of nitrogens with zero attached hydrogens (tertiary/aromatic N) is 2. The summed E-state index contributed by atoms with van der Waals surface area (Å²) in [6.07, 6.45) is 1.20. The molecule has 0 aromatic heterocycles. The number of halogens is 2. The Labute approximate surface area is 132 Å². The second-order valence-corrected chi connectivity index (χ2v) is 6.02. The first kappa shape index (κ1) is 15.2. The fourth-order valence-electron chi connectivity index (χ4n) is 2.93. The van der Waals surface area contributed by atoms with Crippen LogP contribution in [0.2, 0.25) is 5.02 Å². The monoisotopic (exact) mass is 326 g/mol. The summed E-state index contributed by atoms with van der Waals surface area (Å²) < 4.78 is 13.3. The Kier molecular flexibility index (Phi) is 3.82. The molecule has 2 aliphatic heterocycles. The molecule has 0 aliphatic carbocycles. The first-order valence-electron chi connectivity index (χ1n) is 7.22. The van der Waals surface area contributed by atoms with E-state index in [4.69, 9.17) is 16.4 Å². The van der Waals surface area contributed by atoms with Crippen molar-refractivity contribution >= 4 is 23.4 Å². The number of amides is 2. The van der Waals surface area contributed by atoms with Crippen LogP contribution in [0.5, 0.6) is 0 Å². The van der Waals surface area contributed by atoms with Crippen LogP contribution in [0.25, 0.3) is 0 Å². The van der Waals surface area contributed by atoms with Gasteiger partial charge in [0, 0.05) is 24.5 Å². The van der Waals surface area contributed by atoms with E-state index < -0.39 is 11.4 Å². The third-order valence-electron chi connectivity index (χ3n) is 3.95. The highest BCUT2D eigenvalue weighted by Crippen LogP contribution is 2.38. The zero-order chi connectivity index (χ0) is 15.9. The average molecular weight is 327 g/mol. The van der Waals surface area contributed by atoms with E-state index in [0.717, 1.165) is 11.5 Å². The minimum Gasteiger partial charge on any atom is -0.339 e. The van der Waals surface area contributed by atoms with Crippen molar-refractivity contribution in [3.05, 3.63) is 34.6 Å². The predicted octanol–water partition coefficient (Wildman–Crippen LogP) is 2.13. The molecule has 118 valence electrons. The predicted molar refractivity (Wildman–Crippen MR) is 77.3 cm³/mol. The lowest BCUT2D eigenvalue weighted by Gasteiger charge is -2.43. The molecule has 7 heteroatoms. The van der Waals surface area contributed by atoms with Gasteiger partial charge in [0.15, 0.2) is 0 Å². The summed E-state index contributed by atoms with van der Waals surface area (Å²) in [4.78, 5) is 31.8. The highest BCUT2D eigenvalue weighted by atomic mass is 35.5. The first-order chi connectivity index (χ1) is 10.5. The number of hydrogen-bond acceptors (Lipinski definition) is 3. The van der Waals surface area contributed by atoms with Gasteiger partial charge in [0.05, 0.1) is 6.54 Å². The van der Waals surface area contributed by atoms with Gasteiger partial charge in [-0.15, -0.1) is 0 Å². The lowest BCUT2D eigenvalue weighted by atomic mass is 9.98. The fourth-order valence-corrected chi connectivity index (χ4v) is 3.17. The zero-order valence-electron chi connectivity index (χ0n) is 12.1. The van der Waals surface area contributed by atoms with Gasteiger partial charge in [0.1, 0.15) is 5.82 Å². The summed E-state index contributed by atoms with van der Waals surface area (Å²) in [6, 6.07) is 4.04. The molecule has 2 amide bonds. The Balaban J connectivity index is 1.69. The van der Waals surface area contributed by atoms with Crippen LogP contribution in [0.4, 0.5) is 4.39 Å². The molecule has 2 fully saturated rings. The molecule has 0 N–H and O–H groups in total. The van der Waals surface area contributed by atoms with Crippen molar-refractivity contribution in [1.82, 2.24) is 9.96 Å². The maximum Gasteiger partial charge on any atom is 0.291 e. The van der Waals surface area contributed by atoms with E-state index >= 15 is 0 Å². The van der Waals surface area contributed by atoms with Crippen LogP contribution in [0.15, 0.2) is 18.2 Å². The molecule has 2 aliphatic rings. The van der Waals surface area contributed by atoms with Crippen LogP contribution in [-0.2, 0) is 21.0 Å². The van der Waals surface area contributed by atoms with E-state index in [2.05, 4.69) is 0 Å². The Morgan fingerprint density at radius 2 is 2.09 bits per heavy atom. The zero-order valence-corrected chi connectivity index (χ0v) is 12.9. The second-order valence-electron chi connectivity index (χ2n) is 5.58. The van der Waals surface area contributed by atoms with E-state index in [9.17, 15) is 14.0 Å². The number of carbonyl (C=O) groups excluding carboxylic acids is 2. The maximum absolute atomic E-state index is 13.3.